The molecule has 1 aromatic heterocycles. The molecule has 2 heterocycles. The number of aromatic hydroxyl groups is 1. The number of halogens is 3. The molecule has 0 atom stereocenters. The number of carbonyl (C=O) groups is 2. The molecule has 1 aliphatic heterocycles. The van der Waals surface area contributed by atoms with E-state index in [0.29, 0.717) is 6.54 Å². The molecule has 2 amide bonds. The molecule has 10 heteroatoms. The van der Waals surface area contributed by atoms with Crippen molar-refractivity contribution in [3.05, 3.63) is 62.0 Å². The normalized spacial score (nSPS) is 13.5. The van der Waals surface area contributed by atoms with Crippen molar-refractivity contribution in [2.75, 3.05) is 13.6 Å². The molecular weight excluding hydrogens is 384 g/mol. The highest BCUT2D eigenvalue weighted by atomic mass is 35.5. The van der Waals surface area contributed by atoms with Crippen LogP contribution in [-0.4, -0.2) is 40.0 Å². The first-order valence-corrected chi connectivity index (χ1v) is 8.22. The van der Waals surface area contributed by atoms with Gasteiger partial charge < -0.3 is 19.9 Å². The Hall–Kier alpha value is -2.94. The summed E-state index contributed by atoms with van der Waals surface area (Å²) >= 11 is 5.48. The van der Waals surface area contributed by atoms with Crippen LogP contribution in [0.25, 0.3) is 0 Å². The first-order chi connectivity index (χ1) is 12.7. The minimum atomic E-state index is -1.02. The van der Waals surface area contributed by atoms with Gasteiger partial charge >= 0.3 is 0 Å². The van der Waals surface area contributed by atoms with Gasteiger partial charge in [0.1, 0.15) is 22.2 Å². The highest BCUT2D eigenvalue weighted by Crippen LogP contribution is 2.22. The third-order valence-corrected chi connectivity index (χ3v) is 4.63. The second kappa shape index (κ2) is 6.99. The number of hydrogen-bond acceptors (Lipinski definition) is 4. The Labute approximate surface area is 156 Å². The molecule has 2 aromatic rings. The van der Waals surface area contributed by atoms with Crippen LogP contribution in [0.5, 0.6) is 5.75 Å². The van der Waals surface area contributed by atoms with Gasteiger partial charge in [0.2, 0.25) is 5.43 Å². The van der Waals surface area contributed by atoms with Crippen LogP contribution in [-0.2, 0) is 13.1 Å². The van der Waals surface area contributed by atoms with Crippen molar-refractivity contribution < 1.29 is 23.5 Å². The van der Waals surface area contributed by atoms with Crippen molar-refractivity contribution in [1.82, 2.24) is 14.8 Å². The zero-order chi connectivity index (χ0) is 19.9. The predicted octanol–water partition coefficient (Wildman–Crippen LogP) is 1.50. The Balaban J connectivity index is 1.88. The van der Waals surface area contributed by atoms with Gasteiger partial charge in [-0.2, -0.15) is 0 Å². The summed E-state index contributed by atoms with van der Waals surface area (Å²) in [6.07, 6.45) is 1.17. The van der Waals surface area contributed by atoms with Gasteiger partial charge in [-0.25, -0.2) is 8.78 Å². The second-order valence-corrected chi connectivity index (χ2v) is 6.38. The maximum Gasteiger partial charge on any atom is 0.274 e. The summed E-state index contributed by atoms with van der Waals surface area (Å²) in [5.74, 6) is -4.19. The van der Waals surface area contributed by atoms with Gasteiger partial charge in [0.05, 0.1) is 0 Å². The standard InChI is InChI=1S/C17H14ClF2N3O4/c1-22-4-5-23-7-9(14(24)15(25)13(23)17(22)27)16(26)21-6-8-2-3-10(19)11(18)12(8)20/h2-3,7,25H,4-6H2,1H3,(H,21,26). The number of benzene rings is 1. The lowest BCUT2D eigenvalue weighted by Crippen LogP contribution is -2.40. The fraction of sp³-hybridized carbons (Fsp3) is 0.235. The number of rotatable bonds is 3. The monoisotopic (exact) mass is 397 g/mol. The molecule has 0 aliphatic carbocycles. The minimum Gasteiger partial charge on any atom is -0.503 e. The van der Waals surface area contributed by atoms with E-state index in [9.17, 15) is 28.3 Å². The molecule has 3 rings (SSSR count). The molecule has 0 fully saturated rings. The van der Waals surface area contributed by atoms with Gasteiger partial charge in [0.15, 0.2) is 11.4 Å². The first kappa shape index (κ1) is 18.8. The minimum absolute atomic E-state index is 0.0752. The number of nitrogens with zero attached hydrogens (tertiary/aromatic N) is 2. The van der Waals surface area contributed by atoms with E-state index >= 15 is 0 Å². The van der Waals surface area contributed by atoms with E-state index in [0.717, 1.165) is 12.1 Å². The maximum atomic E-state index is 13.9. The van der Waals surface area contributed by atoms with E-state index in [1.54, 1.807) is 0 Å². The zero-order valence-electron chi connectivity index (χ0n) is 14.1. The second-order valence-electron chi connectivity index (χ2n) is 6.01. The third kappa shape index (κ3) is 3.25. The van der Waals surface area contributed by atoms with E-state index in [2.05, 4.69) is 5.32 Å². The molecule has 0 saturated carbocycles. The molecule has 0 unspecified atom stereocenters. The van der Waals surface area contributed by atoms with Gasteiger partial charge in [-0.1, -0.05) is 17.7 Å². The number of amides is 2. The molecule has 0 spiro atoms. The van der Waals surface area contributed by atoms with E-state index in [1.165, 1.54) is 22.7 Å². The van der Waals surface area contributed by atoms with E-state index in [-0.39, 0.29) is 24.3 Å². The van der Waals surface area contributed by atoms with Crippen molar-refractivity contribution in [3.8, 4) is 5.75 Å². The topological polar surface area (TPSA) is 91.6 Å². The summed E-state index contributed by atoms with van der Waals surface area (Å²) in [5.41, 5.74) is -1.68. The van der Waals surface area contributed by atoms with Gasteiger partial charge in [-0.15, -0.1) is 0 Å². The van der Waals surface area contributed by atoms with Crippen molar-refractivity contribution in [1.29, 1.82) is 0 Å². The summed E-state index contributed by atoms with van der Waals surface area (Å²) in [6, 6.07) is 2.07. The first-order valence-electron chi connectivity index (χ1n) is 7.84. The SMILES string of the molecule is CN1CCn2cc(C(=O)NCc3ccc(F)c(Cl)c3F)c(=O)c(O)c2C1=O. The molecule has 27 heavy (non-hydrogen) atoms. The van der Waals surface area contributed by atoms with Crippen molar-refractivity contribution in [2.24, 2.45) is 0 Å². The van der Waals surface area contributed by atoms with E-state index < -0.39 is 45.2 Å². The average Bonchev–Trinajstić information content (AvgIpc) is 2.64. The molecule has 142 valence electrons. The maximum absolute atomic E-state index is 13.9. The van der Waals surface area contributed by atoms with Crippen molar-refractivity contribution in [2.45, 2.75) is 13.1 Å². The number of nitrogens with one attached hydrogen (secondary N) is 1. The zero-order valence-corrected chi connectivity index (χ0v) is 14.8. The summed E-state index contributed by atoms with van der Waals surface area (Å²) in [4.78, 5) is 38.0. The number of aromatic nitrogens is 1. The third-order valence-electron chi connectivity index (χ3n) is 4.28. The van der Waals surface area contributed by atoms with Crippen LogP contribution in [0.4, 0.5) is 8.78 Å². The molecule has 1 aliphatic rings. The lowest BCUT2D eigenvalue weighted by atomic mass is 10.1. The number of pyridine rings is 1. The van der Waals surface area contributed by atoms with Gasteiger partial charge in [0, 0.05) is 38.4 Å². The van der Waals surface area contributed by atoms with Crippen LogP contribution in [0.3, 0.4) is 0 Å². The summed E-state index contributed by atoms with van der Waals surface area (Å²) in [6.45, 7) is 0.274. The quantitative estimate of drug-likeness (QED) is 0.768. The number of carbonyl (C=O) groups excluding carboxylic acids is 2. The van der Waals surface area contributed by atoms with Gasteiger partial charge in [-0.05, 0) is 6.07 Å². The Bertz CT molecular complexity index is 1020. The van der Waals surface area contributed by atoms with Crippen molar-refractivity contribution >= 4 is 23.4 Å². The molecule has 2 N–H and O–H groups in total. The van der Waals surface area contributed by atoms with Crippen LogP contribution in [0.2, 0.25) is 5.02 Å². The van der Waals surface area contributed by atoms with E-state index in [4.69, 9.17) is 11.6 Å². The van der Waals surface area contributed by atoms with Crippen LogP contribution < -0.4 is 10.7 Å². The fourth-order valence-electron chi connectivity index (χ4n) is 2.73. The summed E-state index contributed by atoms with van der Waals surface area (Å²) in [5, 5.41) is 11.7. The molecule has 1 aromatic carbocycles. The molecule has 0 saturated heterocycles. The lowest BCUT2D eigenvalue weighted by molar-refractivity contribution is 0.0740. The van der Waals surface area contributed by atoms with Crippen LogP contribution >= 0.6 is 11.6 Å². The fourth-order valence-corrected chi connectivity index (χ4v) is 2.91. The Morgan fingerprint density at radius 1 is 1.30 bits per heavy atom. The number of hydrogen-bond donors (Lipinski definition) is 2. The van der Waals surface area contributed by atoms with Crippen LogP contribution in [0.1, 0.15) is 26.4 Å². The highest BCUT2D eigenvalue weighted by molar-refractivity contribution is 6.30. The molecule has 0 bridgehead atoms. The smallest absolute Gasteiger partial charge is 0.274 e. The van der Waals surface area contributed by atoms with Gasteiger partial charge in [0.25, 0.3) is 11.8 Å². The van der Waals surface area contributed by atoms with Crippen LogP contribution in [0, 0.1) is 11.6 Å². The Morgan fingerprint density at radius 2 is 2.00 bits per heavy atom. The number of fused-ring (bicyclic) bond motifs is 1. The average molecular weight is 398 g/mol. The highest BCUT2D eigenvalue weighted by Gasteiger charge is 2.29. The Kier molecular flexibility index (Phi) is 4.88. The lowest BCUT2D eigenvalue weighted by Gasteiger charge is -2.27. The largest absolute Gasteiger partial charge is 0.503 e. The van der Waals surface area contributed by atoms with Crippen molar-refractivity contribution in [3.63, 3.8) is 0 Å². The van der Waals surface area contributed by atoms with Gasteiger partial charge in [-0.3, -0.25) is 14.4 Å². The van der Waals surface area contributed by atoms with E-state index in [1.807, 2.05) is 0 Å². The summed E-state index contributed by atoms with van der Waals surface area (Å²) in [7, 11) is 1.53. The Morgan fingerprint density at radius 3 is 2.70 bits per heavy atom. The van der Waals surface area contributed by atoms with Crippen LogP contribution in [0.15, 0.2) is 23.1 Å². The molecule has 0 radical (unpaired) electrons. The summed E-state index contributed by atoms with van der Waals surface area (Å²) < 4.78 is 28.4. The molecule has 7 nitrogen and oxygen atoms in total. The molecular formula is C17H14ClF2N3O4. The number of likely N-dealkylation sites (N-methyl/N-ethyl adjacent to an activating group) is 1. The predicted molar refractivity (Wildman–Crippen MR) is 91.9 cm³/mol.